The SMILES string of the molecule is CC(=N)C[CH]=[Fe+]. The minimum atomic E-state index is 0.671. The third-order valence-electron chi connectivity index (χ3n) is 0.378. The van der Waals surface area contributed by atoms with Crippen LogP contribution < -0.4 is 0 Å². The van der Waals surface area contributed by atoms with Gasteiger partial charge < -0.3 is 0 Å². The van der Waals surface area contributed by atoms with E-state index in [9.17, 15) is 0 Å². The number of hydrogen-bond acceptors (Lipinski definition) is 1. The first-order valence-corrected chi connectivity index (χ1v) is 2.35. The summed E-state index contributed by atoms with van der Waals surface area (Å²) in [7, 11) is 0. The molecule has 6 heavy (non-hydrogen) atoms. The quantitative estimate of drug-likeness (QED) is 0.416. The van der Waals surface area contributed by atoms with Gasteiger partial charge in [-0.15, -0.1) is 0 Å². The molecule has 0 atom stereocenters. The first-order valence-electron chi connectivity index (χ1n) is 1.72. The maximum absolute atomic E-state index is 6.82. The van der Waals surface area contributed by atoms with Crippen molar-refractivity contribution in [3.8, 4) is 0 Å². The topological polar surface area (TPSA) is 23.9 Å². The number of hydrogen-bond donors (Lipinski definition) is 1. The Hall–Kier alpha value is 0.0595. The van der Waals surface area contributed by atoms with Crippen molar-refractivity contribution in [3.05, 3.63) is 0 Å². The standard InChI is InChI=1S/C4H7N.Fe/c1-3-4(2)5;/h1,5H,3H2,2H3;/q;+1. The second-order valence-corrected chi connectivity index (χ2v) is 1.58. The van der Waals surface area contributed by atoms with Crippen LogP contribution >= 0.6 is 0 Å². The van der Waals surface area contributed by atoms with Crippen LogP contribution in [0.15, 0.2) is 0 Å². The van der Waals surface area contributed by atoms with E-state index in [1.165, 1.54) is 0 Å². The van der Waals surface area contributed by atoms with Crippen molar-refractivity contribution in [2.45, 2.75) is 13.3 Å². The summed E-state index contributed by atoms with van der Waals surface area (Å²) in [4.78, 5) is 1.72. The summed E-state index contributed by atoms with van der Waals surface area (Å²) >= 11 is 3.46. The molecule has 0 radical (unpaired) electrons. The molecule has 0 bridgehead atoms. The second-order valence-electron chi connectivity index (χ2n) is 1.13. The minimum absolute atomic E-state index is 0.671. The van der Waals surface area contributed by atoms with Gasteiger partial charge in [0, 0.05) is 0 Å². The van der Waals surface area contributed by atoms with Gasteiger partial charge >= 0.3 is 45.0 Å². The molecule has 0 saturated heterocycles. The van der Waals surface area contributed by atoms with E-state index in [2.05, 4.69) is 15.6 Å². The Morgan fingerprint density at radius 1 is 2.00 bits per heavy atom. The third-order valence-corrected chi connectivity index (χ3v) is 0.604. The van der Waals surface area contributed by atoms with Crippen molar-refractivity contribution < 1.29 is 15.6 Å². The predicted molar refractivity (Wildman–Crippen MR) is 24.1 cm³/mol. The Morgan fingerprint density at radius 2 is 2.50 bits per heavy atom. The molecule has 0 aliphatic heterocycles. The average molecular weight is 125 g/mol. The van der Waals surface area contributed by atoms with Crippen molar-refractivity contribution in [2.75, 3.05) is 0 Å². The van der Waals surface area contributed by atoms with Crippen LogP contribution in [0.3, 0.4) is 0 Å². The molecule has 0 saturated carbocycles. The van der Waals surface area contributed by atoms with Gasteiger partial charge in [-0.05, 0) is 0 Å². The third kappa shape index (κ3) is 4.06. The summed E-state index contributed by atoms with van der Waals surface area (Å²) in [5.41, 5.74) is 0.671. The predicted octanol–water partition coefficient (Wildman–Crippen LogP) is 0.765. The summed E-state index contributed by atoms with van der Waals surface area (Å²) in [5.74, 6) is 0. The molecule has 1 N–H and O–H groups in total. The summed E-state index contributed by atoms with van der Waals surface area (Å²) in [6.45, 7) is 1.77. The summed E-state index contributed by atoms with van der Waals surface area (Å²) in [5, 5.41) is 6.82. The monoisotopic (exact) mass is 125 g/mol. The Morgan fingerprint density at radius 3 is 2.50 bits per heavy atom. The van der Waals surface area contributed by atoms with Gasteiger partial charge in [-0.2, -0.15) is 0 Å². The second kappa shape index (κ2) is 3.26. The van der Waals surface area contributed by atoms with E-state index < -0.39 is 0 Å². The molecule has 0 aromatic heterocycles. The zero-order valence-corrected chi connectivity index (χ0v) is 4.74. The Kier molecular flexibility index (Phi) is 3.29. The normalized spacial score (nSPS) is 7.50. The van der Waals surface area contributed by atoms with Crippen molar-refractivity contribution >= 4 is 10.6 Å². The van der Waals surface area contributed by atoms with E-state index in [4.69, 9.17) is 5.41 Å². The average Bonchev–Trinajstić information content (AvgIpc) is 1.35. The van der Waals surface area contributed by atoms with Crippen molar-refractivity contribution in [2.24, 2.45) is 0 Å². The van der Waals surface area contributed by atoms with Crippen molar-refractivity contribution in [3.63, 3.8) is 0 Å². The van der Waals surface area contributed by atoms with Gasteiger partial charge in [0.05, 0.1) is 0 Å². The van der Waals surface area contributed by atoms with Crippen LogP contribution in [-0.2, 0) is 15.6 Å². The van der Waals surface area contributed by atoms with Gasteiger partial charge in [-0.3, -0.25) is 0 Å². The first kappa shape index (κ1) is 6.06. The van der Waals surface area contributed by atoms with Crippen LogP contribution in [-0.4, -0.2) is 10.6 Å². The fourth-order valence-corrected chi connectivity index (χ4v) is 0.446. The molecule has 0 amide bonds. The molecular formula is C4H7FeN+. The van der Waals surface area contributed by atoms with Crippen LogP contribution in [0.5, 0.6) is 0 Å². The molecule has 0 aliphatic rings. The molecule has 0 aromatic rings. The van der Waals surface area contributed by atoms with E-state index in [1.807, 2.05) is 0 Å². The van der Waals surface area contributed by atoms with Crippen molar-refractivity contribution in [1.29, 1.82) is 5.41 Å². The molecule has 0 rings (SSSR count). The fraction of sp³-hybridized carbons (Fsp3) is 0.500. The van der Waals surface area contributed by atoms with E-state index in [0.29, 0.717) is 5.71 Å². The Labute approximate surface area is 45.6 Å². The summed E-state index contributed by atoms with van der Waals surface area (Å²) in [6.07, 6.45) is 0.722. The van der Waals surface area contributed by atoms with Gasteiger partial charge in [0.15, 0.2) is 0 Å². The van der Waals surface area contributed by atoms with Gasteiger partial charge in [0.2, 0.25) is 0 Å². The van der Waals surface area contributed by atoms with E-state index >= 15 is 0 Å². The Balaban J connectivity index is 3.05. The zero-order chi connectivity index (χ0) is 4.99. The molecule has 0 aliphatic carbocycles. The number of nitrogens with one attached hydrogen (secondary N) is 1. The number of rotatable bonds is 2. The maximum atomic E-state index is 6.82. The Bertz CT molecular complexity index is 67.9. The molecular weight excluding hydrogens is 118 g/mol. The molecule has 0 fully saturated rings. The molecule has 0 heterocycles. The van der Waals surface area contributed by atoms with Crippen LogP contribution in [0.4, 0.5) is 0 Å². The van der Waals surface area contributed by atoms with Gasteiger partial charge in [0.1, 0.15) is 0 Å². The first-order chi connectivity index (χ1) is 2.77. The summed E-state index contributed by atoms with van der Waals surface area (Å²) < 4.78 is 0. The van der Waals surface area contributed by atoms with Crippen LogP contribution in [0.1, 0.15) is 13.3 Å². The summed E-state index contributed by atoms with van der Waals surface area (Å²) in [6, 6.07) is 0. The fourth-order valence-electron chi connectivity index (χ4n) is 0.108. The van der Waals surface area contributed by atoms with Crippen LogP contribution in [0.25, 0.3) is 0 Å². The molecule has 0 spiro atoms. The molecule has 1 nitrogen and oxygen atoms in total. The van der Waals surface area contributed by atoms with Gasteiger partial charge in [0.25, 0.3) is 0 Å². The molecule has 2 heteroatoms. The molecule has 35 valence electrons. The zero-order valence-electron chi connectivity index (χ0n) is 3.64. The van der Waals surface area contributed by atoms with Crippen molar-refractivity contribution in [1.82, 2.24) is 0 Å². The van der Waals surface area contributed by atoms with Crippen LogP contribution in [0.2, 0.25) is 0 Å². The van der Waals surface area contributed by atoms with Gasteiger partial charge in [-0.25, -0.2) is 0 Å². The van der Waals surface area contributed by atoms with Gasteiger partial charge in [-0.1, -0.05) is 0 Å². The van der Waals surface area contributed by atoms with Crippen LogP contribution in [0, 0.1) is 5.41 Å². The van der Waals surface area contributed by atoms with E-state index in [0.717, 1.165) is 6.42 Å². The van der Waals surface area contributed by atoms with E-state index in [1.54, 1.807) is 11.8 Å². The van der Waals surface area contributed by atoms with E-state index in [-0.39, 0.29) is 0 Å². The molecule has 0 unspecified atom stereocenters. The molecule has 0 aromatic carbocycles.